The fourth-order valence-corrected chi connectivity index (χ4v) is 6.79. The van der Waals surface area contributed by atoms with Crippen LogP contribution in [0.4, 0.5) is 0 Å². The Bertz CT molecular complexity index is 283. The van der Waals surface area contributed by atoms with E-state index in [1.807, 2.05) is 0 Å². The molecule has 2 fully saturated rings. The number of rotatable bonds is 6. The summed E-state index contributed by atoms with van der Waals surface area (Å²) >= 11 is 0. The smallest absolute Gasteiger partial charge is 0.0466 e. The Hall–Kier alpha value is 1.22. The zero-order chi connectivity index (χ0) is 18.3. The summed E-state index contributed by atoms with van der Waals surface area (Å²) in [7, 11) is 16.4. The summed E-state index contributed by atoms with van der Waals surface area (Å²) in [5, 5.41) is 0. The van der Waals surface area contributed by atoms with E-state index in [0.717, 1.165) is 0 Å². The van der Waals surface area contributed by atoms with Crippen molar-refractivity contribution in [1.29, 1.82) is 0 Å². The Morgan fingerprint density at radius 2 is 0.680 bits per heavy atom. The van der Waals surface area contributed by atoms with Crippen LogP contribution in [0.5, 0.6) is 0 Å². The molecule has 0 unspecified atom stereocenters. The van der Waals surface area contributed by atoms with Gasteiger partial charge in [-0.3, -0.25) is 18.7 Å². The predicted molar refractivity (Wildman–Crippen MR) is 109 cm³/mol. The van der Waals surface area contributed by atoms with Crippen molar-refractivity contribution in [3.05, 3.63) is 62.7 Å². The molecule has 0 aromatic carbocycles. The summed E-state index contributed by atoms with van der Waals surface area (Å²) in [6, 6.07) is 0. The van der Waals surface area contributed by atoms with E-state index in [0.29, 0.717) is 0 Å². The van der Waals surface area contributed by atoms with E-state index in [9.17, 15) is 0 Å². The van der Waals surface area contributed by atoms with Crippen LogP contribution < -0.4 is 0 Å². The summed E-state index contributed by atoms with van der Waals surface area (Å²) < 4.78 is 9.07. The normalized spacial score (nSPS) is 19.4. The van der Waals surface area contributed by atoms with E-state index in [2.05, 4.69) is 126 Å². The van der Waals surface area contributed by atoms with Crippen molar-refractivity contribution in [3.8, 4) is 0 Å². The molecule has 0 heterocycles. The van der Waals surface area contributed by atoms with Gasteiger partial charge < -0.3 is 0 Å². The zero-order valence-electron chi connectivity index (χ0n) is 16.7. The van der Waals surface area contributed by atoms with E-state index >= 15 is 0 Å². The predicted octanol–water partition coefficient (Wildman–Crippen LogP) is 3.57. The molecule has 10 radical (unpaired) electrons. The summed E-state index contributed by atoms with van der Waals surface area (Å²) in [5.41, 5.74) is 2.83. The first-order valence-corrected chi connectivity index (χ1v) is 10.5. The number of hydrogen-bond donors (Lipinski definition) is 0. The molecule has 0 spiro atoms. The maximum absolute atomic E-state index is 2.27. The molecule has 0 N–H and O–H groups in total. The second-order valence-corrected chi connectivity index (χ2v) is 11.6. The second-order valence-electron chi connectivity index (χ2n) is 6.25. The molecule has 142 valence electrons. The van der Waals surface area contributed by atoms with Crippen molar-refractivity contribution >= 4 is 16.4 Å². The van der Waals surface area contributed by atoms with Gasteiger partial charge in [0.1, 0.15) is 0 Å². The second kappa shape index (κ2) is 13.4. The molecule has 2 saturated carbocycles. The van der Waals surface area contributed by atoms with Gasteiger partial charge in [-0.2, -0.15) is 0 Å². The molecule has 0 amide bonds. The van der Waals surface area contributed by atoms with E-state index in [-0.39, 0.29) is 33.5 Å². The van der Waals surface area contributed by atoms with Crippen molar-refractivity contribution in [3.63, 3.8) is 0 Å². The minimum Gasteiger partial charge on any atom is -0.276 e. The third-order valence-electron chi connectivity index (χ3n) is 3.27. The van der Waals surface area contributed by atoms with E-state index in [4.69, 9.17) is 0 Å². The minimum absolute atomic E-state index is 0. The van der Waals surface area contributed by atoms with Gasteiger partial charge >= 0.3 is 0 Å². The third kappa shape index (κ3) is 8.84. The van der Waals surface area contributed by atoms with Crippen LogP contribution in [0.3, 0.4) is 0 Å². The van der Waals surface area contributed by atoms with Crippen molar-refractivity contribution in [2.24, 2.45) is 0 Å². The van der Waals surface area contributed by atoms with Crippen LogP contribution in [0.25, 0.3) is 0 Å². The van der Waals surface area contributed by atoms with Crippen LogP contribution >= 0.6 is 16.4 Å². The first-order chi connectivity index (χ1) is 11.3. The first kappa shape index (κ1) is 26.2. The molecule has 0 aromatic rings. The standard InChI is InChI=1S/2C9H16N2P.Fe/c2*1-10(2)12(11(3)4)9-7-5-6-8-9;/h2*5-8H,1-4H3;. The van der Waals surface area contributed by atoms with Crippen LogP contribution in [0.1, 0.15) is 0 Å². The molecule has 2 aliphatic carbocycles. The van der Waals surface area contributed by atoms with Gasteiger partial charge in [0.15, 0.2) is 0 Å². The van der Waals surface area contributed by atoms with Crippen molar-refractivity contribution in [1.82, 2.24) is 18.7 Å². The van der Waals surface area contributed by atoms with Crippen LogP contribution in [0, 0.1) is 62.7 Å². The maximum atomic E-state index is 2.27. The fraction of sp³-hybridized carbons (Fsp3) is 0.444. The van der Waals surface area contributed by atoms with Crippen molar-refractivity contribution in [2.75, 3.05) is 56.4 Å². The quantitative estimate of drug-likeness (QED) is 0.480. The van der Waals surface area contributed by atoms with Gasteiger partial charge in [-0.05, 0) is 108 Å². The zero-order valence-corrected chi connectivity index (χ0v) is 19.5. The molecule has 0 aromatic heterocycles. The Labute approximate surface area is 171 Å². The topological polar surface area (TPSA) is 13.0 Å². The Kier molecular flexibility index (Phi) is 14.1. The van der Waals surface area contributed by atoms with Gasteiger partial charge in [-0.1, -0.05) is 0 Å². The molecule has 0 saturated heterocycles. The first-order valence-electron chi connectivity index (χ1n) is 7.98. The van der Waals surface area contributed by atoms with Crippen molar-refractivity contribution < 1.29 is 17.1 Å². The van der Waals surface area contributed by atoms with Gasteiger partial charge in [0.05, 0.1) is 0 Å². The summed E-state index contributed by atoms with van der Waals surface area (Å²) in [6.07, 6.45) is 17.1. The molecule has 0 aliphatic heterocycles. The fourth-order valence-electron chi connectivity index (χ4n) is 2.63. The van der Waals surface area contributed by atoms with E-state index in [1.165, 1.54) is 11.3 Å². The average Bonchev–Trinajstić information content (AvgIpc) is 3.11. The molecular formula is C18H32FeN4P2. The molecule has 7 heteroatoms. The number of nitrogens with zero attached hydrogens (tertiary/aromatic N) is 4. The largest absolute Gasteiger partial charge is 0.276 e. The summed E-state index contributed by atoms with van der Waals surface area (Å²) in [4.78, 5) is 0. The van der Waals surface area contributed by atoms with Gasteiger partial charge in [0, 0.05) is 44.8 Å². The van der Waals surface area contributed by atoms with Gasteiger partial charge in [0.2, 0.25) is 0 Å². The number of hydrogen-bond acceptors (Lipinski definition) is 4. The van der Waals surface area contributed by atoms with Crippen LogP contribution in [0.2, 0.25) is 0 Å². The Balaban J connectivity index is 0.000000443. The Morgan fingerprint density at radius 1 is 0.480 bits per heavy atom. The summed E-state index contributed by atoms with van der Waals surface area (Å²) in [6.45, 7) is 0. The van der Waals surface area contributed by atoms with Gasteiger partial charge in [-0.15, -0.1) is 0 Å². The SMILES string of the molecule is CN(C)P([C]1[CH][CH][CH][CH]1)N(C)C.CN(C)P([C]1[CH][CH][CH][CH]1)N(C)C.[Fe]. The maximum Gasteiger partial charge on any atom is 0.0466 e. The molecule has 2 rings (SSSR count). The van der Waals surface area contributed by atoms with Crippen LogP contribution in [-0.4, -0.2) is 75.1 Å². The van der Waals surface area contributed by atoms with Gasteiger partial charge in [-0.25, -0.2) is 0 Å². The van der Waals surface area contributed by atoms with Crippen LogP contribution in [0.15, 0.2) is 0 Å². The van der Waals surface area contributed by atoms with Gasteiger partial charge in [0.25, 0.3) is 0 Å². The minimum atomic E-state index is -0.270. The Morgan fingerprint density at radius 3 is 0.840 bits per heavy atom. The summed E-state index contributed by atoms with van der Waals surface area (Å²) in [5.74, 6) is 0. The molecule has 4 nitrogen and oxygen atoms in total. The van der Waals surface area contributed by atoms with E-state index in [1.54, 1.807) is 0 Å². The average molecular weight is 422 g/mol. The van der Waals surface area contributed by atoms with Crippen LogP contribution in [-0.2, 0) is 17.1 Å². The molecule has 25 heavy (non-hydrogen) atoms. The van der Waals surface area contributed by atoms with E-state index < -0.39 is 0 Å². The molecule has 0 bridgehead atoms. The molecule has 0 atom stereocenters. The third-order valence-corrected chi connectivity index (χ3v) is 7.82. The monoisotopic (exact) mass is 422 g/mol. The molecule has 2 aliphatic rings. The van der Waals surface area contributed by atoms with Crippen molar-refractivity contribution in [2.45, 2.75) is 0 Å². The molecular weight excluding hydrogens is 390 g/mol.